The zero-order valence-electron chi connectivity index (χ0n) is 8.60. The Hall–Kier alpha value is -1.66. The van der Waals surface area contributed by atoms with E-state index in [1.807, 2.05) is 12.1 Å². The number of hydrogen-bond donors (Lipinski definition) is 3. The number of pyridine rings is 1. The zero-order chi connectivity index (χ0) is 10.9. The molecule has 0 unspecified atom stereocenters. The van der Waals surface area contributed by atoms with Gasteiger partial charge in [-0.2, -0.15) is 0 Å². The van der Waals surface area contributed by atoms with Gasteiger partial charge in [-0.05, 0) is 12.1 Å². The second-order valence-corrected chi connectivity index (χ2v) is 2.73. The van der Waals surface area contributed by atoms with Crippen molar-refractivity contribution in [3.8, 4) is 0 Å². The van der Waals surface area contributed by atoms with Crippen LogP contribution >= 0.6 is 0 Å². The molecule has 0 aliphatic heterocycles. The van der Waals surface area contributed by atoms with E-state index in [4.69, 9.17) is 10.6 Å². The molecule has 0 spiro atoms. The van der Waals surface area contributed by atoms with Crippen molar-refractivity contribution in [3.63, 3.8) is 0 Å². The molecule has 0 aromatic carbocycles. The number of nitrogens with zero attached hydrogens (tertiary/aromatic N) is 2. The minimum atomic E-state index is 0.486. The van der Waals surface area contributed by atoms with Crippen LogP contribution in [0.5, 0.6) is 0 Å². The summed E-state index contributed by atoms with van der Waals surface area (Å²) >= 11 is 0. The van der Waals surface area contributed by atoms with Crippen LogP contribution < -0.4 is 16.6 Å². The predicted molar refractivity (Wildman–Crippen MR) is 59.4 cm³/mol. The third-order valence-electron chi connectivity index (χ3n) is 1.63. The van der Waals surface area contributed by atoms with Crippen LogP contribution in [0.25, 0.3) is 0 Å². The number of hydrazine groups is 1. The van der Waals surface area contributed by atoms with E-state index in [0.29, 0.717) is 19.1 Å². The van der Waals surface area contributed by atoms with E-state index in [1.54, 1.807) is 19.5 Å². The molecule has 6 heteroatoms. The molecule has 0 aliphatic carbocycles. The minimum Gasteiger partial charge on any atom is -0.383 e. The largest absolute Gasteiger partial charge is 0.383 e. The van der Waals surface area contributed by atoms with E-state index in [-0.39, 0.29) is 0 Å². The Morgan fingerprint density at radius 2 is 2.53 bits per heavy atom. The fraction of sp³-hybridized carbons (Fsp3) is 0.333. The highest BCUT2D eigenvalue weighted by molar-refractivity contribution is 5.92. The van der Waals surface area contributed by atoms with Gasteiger partial charge in [-0.3, -0.25) is 10.4 Å². The average molecular weight is 209 g/mol. The SMILES string of the molecule is COCCN=C(NN)Nc1cccnc1. The molecule has 0 bridgehead atoms. The molecule has 1 rings (SSSR count). The van der Waals surface area contributed by atoms with Crippen molar-refractivity contribution < 1.29 is 4.74 Å². The lowest BCUT2D eigenvalue weighted by molar-refractivity contribution is 0.208. The number of ether oxygens (including phenoxy) is 1. The maximum atomic E-state index is 5.30. The van der Waals surface area contributed by atoms with Crippen molar-refractivity contribution >= 4 is 11.6 Å². The highest BCUT2D eigenvalue weighted by atomic mass is 16.5. The van der Waals surface area contributed by atoms with Crippen molar-refractivity contribution in [2.24, 2.45) is 10.8 Å². The number of nitrogens with two attached hydrogens (primary N) is 1. The minimum absolute atomic E-state index is 0.486. The quantitative estimate of drug-likeness (QED) is 0.213. The lowest BCUT2D eigenvalue weighted by Gasteiger charge is -2.08. The summed E-state index contributed by atoms with van der Waals surface area (Å²) < 4.78 is 4.87. The van der Waals surface area contributed by atoms with Gasteiger partial charge in [-0.15, -0.1) is 0 Å². The van der Waals surface area contributed by atoms with E-state index in [2.05, 4.69) is 20.7 Å². The zero-order valence-corrected chi connectivity index (χ0v) is 8.60. The summed E-state index contributed by atoms with van der Waals surface area (Å²) in [7, 11) is 1.62. The molecular formula is C9H15N5O. The summed E-state index contributed by atoms with van der Waals surface area (Å²) in [6.07, 6.45) is 3.38. The molecule has 0 saturated carbocycles. The van der Waals surface area contributed by atoms with Crippen molar-refractivity contribution in [2.75, 3.05) is 25.6 Å². The molecule has 0 fully saturated rings. The van der Waals surface area contributed by atoms with Gasteiger partial charge < -0.3 is 10.1 Å². The Bertz CT molecular complexity index is 301. The predicted octanol–water partition coefficient (Wildman–Crippen LogP) is -0.0408. The number of aliphatic imine (C=N–C) groups is 1. The van der Waals surface area contributed by atoms with Crippen LogP contribution in [0.1, 0.15) is 0 Å². The molecule has 1 aromatic heterocycles. The molecule has 1 aromatic rings. The topological polar surface area (TPSA) is 84.6 Å². The highest BCUT2D eigenvalue weighted by Crippen LogP contribution is 2.01. The molecule has 0 amide bonds. The molecule has 0 radical (unpaired) electrons. The van der Waals surface area contributed by atoms with Gasteiger partial charge in [0, 0.05) is 13.3 Å². The van der Waals surface area contributed by atoms with Gasteiger partial charge in [-0.1, -0.05) is 0 Å². The van der Waals surface area contributed by atoms with Crippen LogP contribution in [0.15, 0.2) is 29.5 Å². The van der Waals surface area contributed by atoms with Gasteiger partial charge in [0.1, 0.15) is 0 Å². The number of anilines is 1. The number of nitrogens with one attached hydrogen (secondary N) is 2. The van der Waals surface area contributed by atoms with Crippen LogP contribution in [0.2, 0.25) is 0 Å². The van der Waals surface area contributed by atoms with Gasteiger partial charge in [-0.25, -0.2) is 10.8 Å². The lowest BCUT2D eigenvalue weighted by atomic mass is 10.4. The van der Waals surface area contributed by atoms with E-state index in [9.17, 15) is 0 Å². The highest BCUT2D eigenvalue weighted by Gasteiger charge is 1.96. The molecule has 0 aliphatic rings. The molecule has 6 nitrogen and oxygen atoms in total. The molecule has 4 N–H and O–H groups in total. The summed E-state index contributed by atoms with van der Waals surface area (Å²) in [6, 6.07) is 3.70. The van der Waals surface area contributed by atoms with E-state index in [0.717, 1.165) is 5.69 Å². The monoisotopic (exact) mass is 209 g/mol. The number of methoxy groups -OCH3 is 1. The number of aromatic nitrogens is 1. The third-order valence-corrected chi connectivity index (χ3v) is 1.63. The first kappa shape index (κ1) is 11.4. The Balaban J connectivity index is 2.50. The molecular weight excluding hydrogens is 194 g/mol. The van der Waals surface area contributed by atoms with E-state index >= 15 is 0 Å². The Kier molecular flexibility index (Phi) is 5.13. The summed E-state index contributed by atoms with van der Waals surface area (Å²) in [5.41, 5.74) is 3.29. The first-order valence-corrected chi connectivity index (χ1v) is 4.54. The Labute approximate surface area is 88.5 Å². The Morgan fingerprint density at radius 3 is 3.13 bits per heavy atom. The maximum Gasteiger partial charge on any atom is 0.210 e. The average Bonchev–Trinajstić information content (AvgIpc) is 2.29. The summed E-state index contributed by atoms with van der Waals surface area (Å²) in [4.78, 5) is 8.10. The number of hydrogen-bond acceptors (Lipinski definition) is 4. The molecule has 82 valence electrons. The van der Waals surface area contributed by atoms with Crippen molar-refractivity contribution in [1.82, 2.24) is 10.4 Å². The van der Waals surface area contributed by atoms with Gasteiger partial charge in [0.05, 0.1) is 25.0 Å². The second kappa shape index (κ2) is 6.74. The summed E-state index contributed by atoms with van der Waals surface area (Å²) in [6.45, 7) is 1.10. The van der Waals surface area contributed by atoms with Gasteiger partial charge in [0.2, 0.25) is 5.96 Å². The van der Waals surface area contributed by atoms with Gasteiger partial charge in [0.15, 0.2) is 0 Å². The second-order valence-electron chi connectivity index (χ2n) is 2.73. The van der Waals surface area contributed by atoms with Crippen LogP contribution in [-0.4, -0.2) is 31.2 Å². The Morgan fingerprint density at radius 1 is 1.67 bits per heavy atom. The van der Waals surface area contributed by atoms with E-state index < -0.39 is 0 Å². The number of guanidine groups is 1. The number of rotatable bonds is 4. The summed E-state index contributed by atoms with van der Waals surface area (Å²) in [5, 5.41) is 2.98. The van der Waals surface area contributed by atoms with Crippen molar-refractivity contribution in [2.45, 2.75) is 0 Å². The summed E-state index contributed by atoms with van der Waals surface area (Å²) in [5.74, 6) is 5.78. The molecule has 0 atom stereocenters. The van der Waals surface area contributed by atoms with Crippen LogP contribution in [0.3, 0.4) is 0 Å². The third kappa shape index (κ3) is 4.39. The van der Waals surface area contributed by atoms with Crippen molar-refractivity contribution in [1.29, 1.82) is 0 Å². The van der Waals surface area contributed by atoms with Gasteiger partial charge >= 0.3 is 0 Å². The van der Waals surface area contributed by atoms with Crippen molar-refractivity contribution in [3.05, 3.63) is 24.5 Å². The fourth-order valence-corrected chi connectivity index (χ4v) is 0.943. The van der Waals surface area contributed by atoms with Crippen LogP contribution in [0, 0.1) is 0 Å². The molecule has 0 saturated heterocycles. The maximum absolute atomic E-state index is 5.30. The van der Waals surface area contributed by atoms with E-state index in [1.165, 1.54) is 0 Å². The normalized spacial score (nSPS) is 11.2. The smallest absolute Gasteiger partial charge is 0.210 e. The lowest BCUT2D eigenvalue weighted by Crippen LogP contribution is -2.36. The van der Waals surface area contributed by atoms with Crippen LogP contribution in [-0.2, 0) is 4.74 Å². The standard InChI is InChI=1S/C9H15N5O/c1-15-6-5-12-9(14-10)13-8-3-2-4-11-7-8/h2-4,7H,5-6,10H2,1H3,(H2,12,13,14). The fourth-order valence-electron chi connectivity index (χ4n) is 0.943. The van der Waals surface area contributed by atoms with Crippen LogP contribution in [0.4, 0.5) is 5.69 Å². The first-order valence-electron chi connectivity index (χ1n) is 4.54. The van der Waals surface area contributed by atoms with Gasteiger partial charge in [0.25, 0.3) is 0 Å². The molecule has 15 heavy (non-hydrogen) atoms. The molecule has 1 heterocycles. The first-order chi connectivity index (χ1) is 7.36.